The lowest BCUT2D eigenvalue weighted by atomic mass is 9.91. The van der Waals surface area contributed by atoms with Gasteiger partial charge in [-0.3, -0.25) is 4.90 Å². The second-order valence-electron chi connectivity index (χ2n) is 9.13. The summed E-state index contributed by atoms with van der Waals surface area (Å²) in [5.74, 6) is 0. The Morgan fingerprint density at radius 2 is 2.16 bits per heavy atom. The lowest BCUT2D eigenvalue weighted by molar-refractivity contribution is 0.0667. The molecule has 3 heterocycles. The van der Waals surface area contributed by atoms with Gasteiger partial charge >= 0.3 is 0 Å². The van der Waals surface area contributed by atoms with Crippen LogP contribution in [0.1, 0.15) is 56.4 Å². The minimum absolute atomic E-state index is 0.105. The van der Waals surface area contributed by atoms with Crippen LogP contribution in [0.4, 0.5) is 4.39 Å². The number of hydrogen-bond donors (Lipinski definition) is 2. The Morgan fingerprint density at radius 3 is 2.87 bits per heavy atom. The van der Waals surface area contributed by atoms with E-state index >= 15 is 0 Å². The van der Waals surface area contributed by atoms with Crippen LogP contribution in [0, 0.1) is 0 Å². The number of para-hydroxylation sites is 1. The third-order valence-electron chi connectivity index (χ3n) is 5.98. The van der Waals surface area contributed by atoms with Crippen LogP contribution in [0.25, 0.3) is 10.9 Å². The maximum absolute atomic E-state index is 14.8. The van der Waals surface area contributed by atoms with Crippen molar-refractivity contribution in [2.45, 2.75) is 64.4 Å². The molecule has 2 N–H and O–H groups in total. The highest BCUT2D eigenvalue weighted by Crippen LogP contribution is 2.43. The van der Waals surface area contributed by atoms with Gasteiger partial charge in [-0.25, -0.2) is 9.37 Å². The van der Waals surface area contributed by atoms with E-state index in [1.807, 2.05) is 19.3 Å². The standard InChI is InChI=1S/C24H33FN4OS/c1-6-16(12-26-5)30-20-13-27-23(31-20)22-21-18(17-9-7-8-10-19(17)28-21)11-15(2)29(22)14-24(3,4)25/h7-10,13,15-16,22,26,28H,6,11-12,14H2,1-5H3/t15-,16+,22+/m1/s1. The molecule has 168 valence electrons. The van der Waals surface area contributed by atoms with Gasteiger partial charge in [0, 0.05) is 35.7 Å². The quantitative estimate of drug-likeness (QED) is 0.508. The van der Waals surface area contributed by atoms with Gasteiger partial charge in [0.25, 0.3) is 0 Å². The van der Waals surface area contributed by atoms with Crippen LogP contribution in [0.2, 0.25) is 0 Å². The number of fused-ring (bicyclic) bond motifs is 3. The van der Waals surface area contributed by atoms with E-state index in [4.69, 9.17) is 9.72 Å². The Bertz CT molecular complexity index is 1020. The molecule has 3 aromatic rings. The number of ether oxygens (including phenoxy) is 1. The topological polar surface area (TPSA) is 53.2 Å². The lowest BCUT2D eigenvalue weighted by Gasteiger charge is -2.41. The maximum Gasteiger partial charge on any atom is 0.194 e. The van der Waals surface area contributed by atoms with Crippen LogP contribution < -0.4 is 10.1 Å². The number of halogens is 1. The Kier molecular flexibility index (Phi) is 6.37. The number of rotatable bonds is 8. The fourth-order valence-electron chi connectivity index (χ4n) is 4.57. The average Bonchev–Trinajstić information content (AvgIpc) is 3.32. The summed E-state index contributed by atoms with van der Waals surface area (Å²) in [7, 11) is 1.93. The van der Waals surface area contributed by atoms with Gasteiger partial charge in [-0.2, -0.15) is 0 Å². The van der Waals surface area contributed by atoms with E-state index in [2.05, 4.69) is 47.2 Å². The van der Waals surface area contributed by atoms with Gasteiger partial charge in [0.15, 0.2) is 5.06 Å². The van der Waals surface area contributed by atoms with Gasteiger partial charge in [0.2, 0.25) is 0 Å². The minimum atomic E-state index is -1.30. The summed E-state index contributed by atoms with van der Waals surface area (Å²) < 4.78 is 21.0. The zero-order valence-electron chi connectivity index (χ0n) is 19.0. The number of likely N-dealkylation sites (N-methyl/N-ethyl adjacent to an activating group) is 1. The zero-order chi connectivity index (χ0) is 22.2. The van der Waals surface area contributed by atoms with Crippen molar-refractivity contribution in [2.24, 2.45) is 0 Å². The van der Waals surface area contributed by atoms with E-state index in [1.165, 1.54) is 10.9 Å². The number of alkyl halides is 1. The normalized spacial score (nSPS) is 20.7. The highest BCUT2D eigenvalue weighted by atomic mass is 32.1. The first-order valence-electron chi connectivity index (χ1n) is 11.1. The first-order chi connectivity index (χ1) is 14.8. The van der Waals surface area contributed by atoms with Crippen molar-refractivity contribution in [1.82, 2.24) is 20.2 Å². The first-order valence-corrected chi connectivity index (χ1v) is 11.9. The van der Waals surface area contributed by atoms with Crippen LogP contribution in [-0.2, 0) is 6.42 Å². The molecule has 7 heteroatoms. The third-order valence-corrected chi connectivity index (χ3v) is 6.92. The summed E-state index contributed by atoms with van der Waals surface area (Å²) in [6.07, 6.45) is 3.73. The molecule has 0 saturated carbocycles. The van der Waals surface area contributed by atoms with Crippen LogP contribution in [0.15, 0.2) is 30.5 Å². The number of H-pyrrole nitrogens is 1. The van der Waals surface area contributed by atoms with Crippen LogP contribution in [0.3, 0.4) is 0 Å². The van der Waals surface area contributed by atoms with E-state index in [9.17, 15) is 4.39 Å². The van der Waals surface area contributed by atoms with Gasteiger partial charge in [-0.1, -0.05) is 36.5 Å². The highest BCUT2D eigenvalue weighted by Gasteiger charge is 2.40. The zero-order valence-corrected chi connectivity index (χ0v) is 19.9. The summed E-state index contributed by atoms with van der Waals surface area (Å²) in [5.41, 5.74) is 2.28. The first kappa shape index (κ1) is 22.2. The number of aromatic amines is 1. The SMILES string of the molecule is CC[C@@H](CNC)Oc1cnc([C@@H]2c3[nH]c4ccccc4c3C[C@@H](C)N2CC(C)(C)F)s1. The van der Waals surface area contributed by atoms with Crippen molar-refractivity contribution in [3.05, 3.63) is 46.7 Å². The van der Waals surface area contributed by atoms with Gasteiger partial charge in [-0.15, -0.1) is 0 Å². The van der Waals surface area contributed by atoms with Crippen molar-refractivity contribution in [1.29, 1.82) is 0 Å². The number of aromatic nitrogens is 2. The molecule has 4 rings (SSSR count). The van der Waals surface area contributed by atoms with Gasteiger partial charge < -0.3 is 15.0 Å². The predicted octanol–water partition coefficient (Wildman–Crippen LogP) is 5.09. The number of benzene rings is 1. The lowest BCUT2D eigenvalue weighted by Crippen LogP contribution is -2.47. The number of thiazole rings is 1. The molecule has 0 bridgehead atoms. The van der Waals surface area contributed by atoms with E-state index in [-0.39, 0.29) is 18.2 Å². The van der Waals surface area contributed by atoms with Crippen LogP contribution >= 0.6 is 11.3 Å². The van der Waals surface area contributed by atoms with Crippen molar-refractivity contribution in [2.75, 3.05) is 20.1 Å². The summed E-state index contributed by atoms with van der Waals surface area (Å²) in [5, 5.41) is 6.19. The minimum Gasteiger partial charge on any atom is -0.478 e. The molecule has 31 heavy (non-hydrogen) atoms. The predicted molar refractivity (Wildman–Crippen MR) is 126 cm³/mol. The molecular formula is C24H33FN4OS. The second kappa shape index (κ2) is 8.88. The van der Waals surface area contributed by atoms with Crippen molar-refractivity contribution < 1.29 is 9.13 Å². The highest BCUT2D eigenvalue weighted by molar-refractivity contribution is 7.13. The molecule has 0 radical (unpaired) electrons. The molecular weight excluding hydrogens is 411 g/mol. The second-order valence-corrected chi connectivity index (χ2v) is 10.2. The van der Waals surface area contributed by atoms with Crippen LogP contribution in [0.5, 0.6) is 5.06 Å². The molecule has 3 atom stereocenters. The number of nitrogens with zero attached hydrogens (tertiary/aromatic N) is 2. The molecule has 0 saturated heterocycles. The molecule has 5 nitrogen and oxygen atoms in total. The van der Waals surface area contributed by atoms with Crippen molar-refractivity contribution in [3.63, 3.8) is 0 Å². The van der Waals surface area contributed by atoms with Gasteiger partial charge in [0.05, 0.1) is 6.20 Å². The van der Waals surface area contributed by atoms with E-state index < -0.39 is 5.67 Å². The van der Waals surface area contributed by atoms with E-state index in [0.29, 0.717) is 6.54 Å². The Hall–Kier alpha value is -1.96. The summed E-state index contributed by atoms with van der Waals surface area (Å²) >= 11 is 1.57. The third kappa shape index (κ3) is 4.64. The van der Waals surface area contributed by atoms with E-state index in [1.54, 1.807) is 25.2 Å². The number of nitrogens with one attached hydrogen (secondary N) is 2. The Balaban J connectivity index is 1.75. The molecule has 1 aliphatic rings. The molecule has 0 spiro atoms. The molecule has 0 amide bonds. The number of hydrogen-bond acceptors (Lipinski definition) is 5. The Labute approximate surface area is 188 Å². The summed E-state index contributed by atoms with van der Waals surface area (Å²) in [6, 6.07) is 8.49. The van der Waals surface area contributed by atoms with Gasteiger partial charge in [0.1, 0.15) is 22.8 Å². The average molecular weight is 445 g/mol. The molecule has 1 aliphatic heterocycles. The Morgan fingerprint density at radius 1 is 1.39 bits per heavy atom. The molecule has 1 aromatic carbocycles. The van der Waals surface area contributed by atoms with E-state index in [0.717, 1.165) is 40.7 Å². The van der Waals surface area contributed by atoms with Crippen molar-refractivity contribution >= 4 is 22.2 Å². The monoisotopic (exact) mass is 444 g/mol. The molecule has 0 unspecified atom stereocenters. The smallest absolute Gasteiger partial charge is 0.194 e. The fraction of sp³-hybridized carbons (Fsp3) is 0.542. The molecule has 2 aromatic heterocycles. The molecule has 0 fully saturated rings. The fourth-order valence-corrected chi connectivity index (χ4v) is 5.53. The van der Waals surface area contributed by atoms with Crippen LogP contribution in [-0.4, -0.2) is 52.8 Å². The van der Waals surface area contributed by atoms with Crippen molar-refractivity contribution in [3.8, 4) is 5.06 Å². The van der Waals surface area contributed by atoms with Gasteiger partial charge in [-0.05, 0) is 52.3 Å². The summed E-state index contributed by atoms with van der Waals surface area (Å²) in [4.78, 5) is 10.6. The summed E-state index contributed by atoms with van der Waals surface area (Å²) in [6.45, 7) is 8.75. The maximum atomic E-state index is 14.8. The largest absolute Gasteiger partial charge is 0.478 e. The molecule has 0 aliphatic carbocycles.